The first kappa shape index (κ1) is 22.8. The van der Waals surface area contributed by atoms with Crippen molar-refractivity contribution < 1.29 is 23.4 Å². The van der Waals surface area contributed by atoms with E-state index < -0.39 is 0 Å². The van der Waals surface area contributed by atoms with Gasteiger partial charge in [0.25, 0.3) is 0 Å². The van der Waals surface area contributed by atoms with E-state index in [2.05, 4.69) is 6.92 Å². The number of hydrogen-bond donors (Lipinski definition) is 0. The number of methoxy groups -OCH3 is 1. The second kappa shape index (κ2) is 10.1. The molecule has 0 atom stereocenters. The van der Waals surface area contributed by atoms with Crippen molar-refractivity contribution in [2.45, 2.75) is 32.8 Å². The Morgan fingerprint density at radius 2 is 1.83 bits per heavy atom. The van der Waals surface area contributed by atoms with Gasteiger partial charge in [0.2, 0.25) is 5.43 Å². The van der Waals surface area contributed by atoms with Crippen LogP contribution in [0.2, 0.25) is 0 Å². The molecular weight excluding hydrogens is 444 g/mol. The van der Waals surface area contributed by atoms with Crippen molar-refractivity contribution in [3.05, 3.63) is 82.2 Å². The van der Waals surface area contributed by atoms with Gasteiger partial charge in [0, 0.05) is 12.5 Å². The van der Waals surface area contributed by atoms with Gasteiger partial charge in [0.05, 0.1) is 31.3 Å². The molecule has 0 unspecified atom stereocenters. The lowest BCUT2D eigenvalue weighted by atomic mass is 10.0. The molecular formula is C29H28O6. The average Bonchev–Trinajstić information content (AvgIpc) is 3.13. The maximum Gasteiger partial charge on any atom is 0.200 e. The van der Waals surface area contributed by atoms with Gasteiger partial charge < -0.3 is 23.4 Å². The largest absolute Gasteiger partial charge is 0.497 e. The SMILES string of the molecule is CCCc1cc2c(=O)c(-c3ccc4c(c3)OCCCO4)coc2cc1OCc1cccc(OC)c1. The maximum absolute atomic E-state index is 13.5. The van der Waals surface area contributed by atoms with Gasteiger partial charge in [-0.3, -0.25) is 4.79 Å². The van der Waals surface area contributed by atoms with Crippen molar-refractivity contribution in [3.63, 3.8) is 0 Å². The second-order valence-electron chi connectivity index (χ2n) is 8.54. The fraction of sp³-hybridized carbons (Fsp3) is 0.276. The molecule has 0 saturated heterocycles. The van der Waals surface area contributed by atoms with Crippen LogP contribution in [0, 0.1) is 0 Å². The molecule has 6 nitrogen and oxygen atoms in total. The molecule has 0 amide bonds. The third-order valence-corrected chi connectivity index (χ3v) is 6.06. The van der Waals surface area contributed by atoms with E-state index in [0.29, 0.717) is 53.6 Å². The van der Waals surface area contributed by atoms with E-state index in [9.17, 15) is 4.79 Å². The number of fused-ring (bicyclic) bond motifs is 2. The minimum Gasteiger partial charge on any atom is -0.497 e. The number of rotatable bonds is 7. The minimum absolute atomic E-state index is 0.0857. The number of benzene rings is 3. The van der Waals surface area contributed by atoms with Crippen LogP contribution >= 0.6 is 0 Å². The smallest absolute Gasteiger partial charge is 0.200 e. The molecule has 35 heavy (non-hydrogen) atoms. The molecule has 4 aromatic rings. The van der Waals surface area contributed by atoms with Gasteiger partial charge in [-0.15, -0.1) is 0 Å². The summed E-state index contributed by atoms with van der Waals surface area (Å²) in [6, 6.07) is 17.0. The van der Waals surface area contributed by atoms with Gasteiger partial charge in [-0.25, -0.2) is 0 Å². The first-order chi connectivity index (χ1) is 17.2. The highest BCUT2D eigenvalue weighted by molar-refractivity contribution is 5.84. The van der Waals surface area contributed by atoms with Crippen molar-refractivity contribution in [2.75, 3.05) is 20.3 Å². The lowest BCUT2D eigenvalue weighted by Crippen LogP contribution is -2.07. The monoisotopic (exact) mass is 472 g/mol. The summed E-state index contributed by atoms with van der Waals surface area (Å²) in [6.45, 7) is 3.69. The molecule has 0 fully saturated rings. The molecule has 1 aromatic heterocycles. The fourth-order valence-corrected chi connectivity index (χ4v) is 4.25. The van der Waals surface area contributed by atoms with Gasteiger partial charge in [-0.1, -0.05) is 31.5 Å². The van der Waals surface area contributed by atoms with E-state index in [1.807, 2.05) is 54.6 Å². The molecule has 2 heterocycles. The first-order valence-electron chi connectivity index (χ1n) is 11.9. The molecule has 0 N–H and O–H groups in total. The van der Waals surface area contributed by atoms with Crippen LogP contribution in [0.4, 0.5) is 0 Å². The Balaban J connectivity index is 1.49. The van der Waals surface area contributed by atoms with Crippen LogP contribution in [0.25, 0.3) is 22.1 Å². The third kappa shape index (κ3) is 4.83. The molecule has 0 saturated carbocycles. The molecule has 0 radical (unpaired) electrons. The quantitative estimate of drug-likeness (QED) is 0.321. The number of hydrogen-bond acceptors (Lipinski definition) is 6. The standard InChI is InChI=1S/C29H28O6/c1-3-6-21-14-23-27(16-26(21)34-17-19-7-4-8-22(13-19)31-2)35-18-24(29(23)30)20-9-10-25-28(15-20)33-12-5-11-32-25/h4,7-10,13-16,18H,3,5-6,11-12,17H2,1-2H3. The summed E-state index contributed by atoms with van der Waals surface area (Å²) in [7, 11) is 1.64. The lowest BCUT2D eigenvalue weighted by Gasteiger charge is -2.14. The summed E-state index contributed by atoms with van der Waals surface area (Å²) in [5, 5.41) is 0.534. The summed E-state index contributed by atoms with van der Waals surface area (Å²) in [6.07, 6.45) is 4.05. The Kier molecular flexibility index (Phi) is 6.62. The first-order valence-corrected chi connectivity index (χ1v) is 11.9. The van der Waals surface area contributed by atoms with Crippen LogP contribution in [0.15, 0.2) is 70.1 Å². The molecule has 1 aliphatic heterocycles. The highest BCUT2D eigenvalue weighted by Gasteiger charge is 2.17. The average molecular weight is 473 g/mol. The number of ether oxygens (including phenoxy) is 4. The third-order valence-electron chi connectivity index (χ3n) is 6.06. The summed E-state index contributed by atoms with van der Waals surface area (Å²) in [4.78, 5) is 13.5. The Hall–Kier alpha value is -3.93. The van der Waals surface area contributed by atoms with Crippen molar-refractivity contribution in [3.8, 4) is 34.1 Å². The second-order valence-corrected chi connectivity index (χ2v) is 8.54. The van der Waals surface area contributed by atoms with Gasteiger partial charge in [-0.2, -0.15) is 0 Å². The van der Waals surface area contributed by atoms with Crippen molar-refractivity contribution in [2.24, 2.45) is 0 Å². The topological polar surface area (TPSA) is 67.1 Å². The van der Waals surface area contributed by atoms with E-state index in [0.717, 1.165) is 41.7 Å². The Morgan fingerprint density at radius 3 is 2.66 bits per heavy atom. The Labute approximate surface area is 204 Å². The van der Waals surface area contributed by atoms with Crippen LogP contribution in [0.1, 0.15) is 30.9 Å². The van der Waals surface area contributed by atoms with E-state index in [4.69, 9.17) is 23.4 Å². The zero-order valence-electron chi connectivity index (χ0n) is 20.0. The molecule has 180 valence electrons. The normalized spacial score (nSPS) is 12.9. The predicted octanol–water partition coefficient (Wildman–Crippen LogP) is 6.16. The lowest BCUT2D eigenvalue weighted by molar-refractivity contribution is 0.297. The molecule has 1 aliphatic rings. The molecule has 5 rings (SSSR count). The van der Waals surface area contributed by atoms with Gasteiger partial charge >= 0.3 is 0 Å². The summed E-state index contributed by atoms with van der Waals surface area (Å²) >= 11 is 0. The van der Waals surface area contributed by atoms with E-state index in [1.165, 1.54) is 6.26 Å². The van der Waals surface area contributed by atoms with Crippen LogP contribution < -0.4 is 24.4 Å². The molecule has 0 spiro atoms. The molecule has 0 aliphatic carbocycles. The number of aryl methyl sites for hydroxylation is 1. The van der Waals surface area contributed by atoms with Crippen LogP contribution in [-0.4, -0.2) is 20.3 Å². The van der Waals surface area contributed by atoms with E-state index in [-0.39, 0.29) is 5.43 Å². The van der Waals surface area contributed by atoms with Crippen LogP contribution in [0.3, 0.4) is 0 Å². The fourth-order valence-electron chi connectivity index (χ4n) is 4.25. The van der Waals surface area contributed by atoms with Gasteiger partial charge in [0.1, 0.15) is 30.0 Å². The van der Waals surface area contributed by atoms with Gasteiger partial charge in [-0.05, 0) is 53.4 Å². The van der Waals surface area contributed by atoms with Crippen molar-refractivity contribution >= 4 is 11.0 Å². The summed E-state index contributed by atoms with van der Waals surface area (Å²) < 4.78 is 28.9. The maximum atomic E-state index is 13.5. The van der Waals surface area contributed by atoms with Gasteiger partial charge in [0.15, 0.2) is 11.5 Å². The van der Waals surface area contributed by atoms with E-state index in [1.54, 1.807) is 7.11 Å². The highest BCUT2D eigenvalue weighted by atomic mass is 16.5. The van der Waals surface area contributed by atoms with Crippen molar-refractivity contribution in [1.82, 2.24) is 0 Å². The predicted molar refractivity (Wildman–Crippen MR) is 135 cm³/mol. The Morgan fingerprint density at radius 1 is 0.971 bits per heavy atom. The van der Waals surface area contributed by atoms with Crippen LogP contribution in [0.5, 0.6) is 23.0 Å². The summed E-state index contributed by atoms with van der Waals surface area (Å²) in [5.41, 5.74) is 3.61. The van der Waals surface area contributed by atoms with Crippen molar-refractivity contribution in [1.29, 1.82) is 0 Å². The molecule has 3 aromatic carbocycles. The van der Waals surface area contributed by atoms with E-state index >= 15 is 0 Å². The Bertz CT molecular complexity index is 1400. The van der Waals surface area contributed by atoms with Crippen LogP contribution in [-0.2, 0) is 13.0 Å². The summed E-state index contributed by atoms with van der Waals surface area (Å²) in [5.74, 6) is 2.84. The minimum atomic E-state index is -0.0857. The highest BCUT2D eigenvalue weighted by Crippen LogP contribution is 2.34. The molecule has 0 bridgehead atoms. The zero-order valence-corrected chi connectivity index (χ0v) is 20.0. The molecule has 6 heteroatoms. The zero-order chi connectivity index (χ0) is 24.2.